The van der Waals surface area contributed by atoms with Gasteiger partial charge in [0.05, 0.1) is 12.9 Å². The number of hydrogen-bond donors (Lipinski definition) is 1. The maximum Gasteiger partial charge on any atom is 0.123 e. The van der Waals surface area contributed by atoms with Crippen molar-refractivity contribution in [2.45, 2.75) is 46.3 Å². The van der Waals surface area contributed by atoms with E-state index in [-0.39, 0.29) is 0 Å². The molecule has 0 radical (unpaired) electrons. The first-order valence-electron chi connectivity index (χ1n) is 7.56. The molecular formula is C17H25N3O. The zero-order valence-corrected chi connectivity index (χ0v) is 13.2. The van der Waals surface area contributed by atoms with Gasteiger partial charge < -0.3 is 14.6 Å². The Kier molecular flexibility index (Phi) is 5.81. The third kappa shape index (κ3) is 5.23. The number of hydrogen-bond acceptors (Lipinski definition) is 3. The number of imidazole rings is 1. The average Bonchev–Trinajstić information content (AvgIpc) is 2.96. The summed E-state index contributed by atoms with van der Waals surface area (Å²) in [6, 6.07) is 6.84. The number of rotatable bonds is 8. The van der Waals surface area contributed by atoms with Gasteiger partial charge in [0, 0.05) is 37.1 Å². The Morgan fingerprint density at radius 2 is 2.19 bits per heavy atom. The van der Waals surface area contributed by atoms with E-state index in [1.165, 1.54) is 11.1 Å². The lowest BCUT2D eigenvalue weighted by Crippen LogP contribution is -2.22. The van der Waals surface area contributed by atoms with Crippen molar-refractivity contribution in [3.8, 4) is 5.75 Å². The van der Waals surface area contributed by atoms with Crippen molar-refractivity contribution in [1.29, 1.82) is 0 Å². The lowest BCUT2D eigenvalue weighted by molar-refractivity contribution is 0.298. The van der Waals surface area contributed by atoms with Gasteiger partial charge in [-0.05, 0) is 19.4 Å². The highest BCUT2D eigenvalue weighted by Gasteiger charge is 2.05. The minimum Gasteiger partial charge on any atom is -0.493 e. The third-order valence-electron chi connectivity index (χ3n) is 3.29. The van der Waals surface area contributed by atoms with Crippen LogP contribution in [0.2, 0.25) is 0 Å². The Labute approximate surface area is 127 Å². The van der Waals surface area contributed by atoms with E-state index in [1.807, 2.05) is 12.5 Å². The first kappa shape index (κ1) is 15.6. The first-order chi connectivity index (χ1) is 10.1. The Morgan fingerprint density at radius 3 is 2.90 bits per heavy atom. The molecule has 0 bridgehead atoms. The average molecular weight is 287 g/mol. The smallest absolute Gasteiger partial charge is 0.123 e. The number of benzene rings is 1. The fourth-order valence-corrected chi connectivity index (χ4v) is 2.15. The molecule has 4 heteroatoms. The van der Waals surface area contributed by atoms with Crippen LogP contribution in [0.5, 0.6) is 5.75 Å². The zero-order chi connectivity index (χ0) is 15.1. The summed E-state index contributed by atoms with van der Waals surface area (Å²) in [6.07, 6.45) is 6.59. The van der Waals surface area contributed by atoms with Crippen LogP contribution in [0.4, 0.5) is 0 Å². The second-order valence-electron chi connectivity index (χ2n) is 5.65. The Bertz CT molecular complexity index is 535. The molecule has 4 nitrogen and oxygen atoms in total. The molecule has 2 aromatic rings. The largest absolute Gasteiger partial charge is 0.493 e. The van der Waals surface area contributed by atoms with Gasteiger partial charge in [-0.3, -0.25) is 0 Å². The molecule has 1 aromatic heterocycles. The lowest BCUT2D eigenvalue weighted by Gasteiger charge is -2.14. The second kappa shape index (κ2) is 7.84. The van der Waals surface area contributed by atoms with Crippen LogP contribution in [0.25, 0.3) is 0 Å². The Morgan fingerprint density at radius 1 is 1.33 bits per heavy atom. The summed E-state index contributed by atoms with van der Waals surface area (Å²) in [6.45, 7) is 8.92. The molecule has 0 saturated carbocycles. The molecule has 21 heavy (non-hydrogen) atoms. The van der Waals surface area contributed by atoms with Crippen molar-refractivity contribution >= 4 is 0 Å². The van der Waals surface area contributed by atoms with E-state index in [0.29, 0.717) is 6.04 Å². The minimum absolute atomic E-state index is 0.472. The van der Waals surface area contributed by atoms with Crippen LogP contribution in [0.1, 0.15) is 31.4 Å². The highest BCUT2D eigenvalue weighted by molar-refractivity contribution is 5.36. The predicted octanol–water partition coefficient (Wildman–Crippen LogP) is 3.16. The van der Waals surface area contributed by atoms with Crippen molar-refractivity contribution in [3.63, 3.8) is 0 Å². The molecule has 0 atom stereocenters. The van der Waals surface area contributed by atoms with Gasteiger partial charge in [-0.15, -0.1) is 0 Å². The van der Waals surface area contributed by atoms with Crippen LogP contribution in [-0.4, -0.2) is 22.2 Å². The van der Waals surface area contributed by atoms with Crippen LogP contribution in [0.3, 0.4) is 0 Å². The SMILES string of the molecule is Cc1ccc(OCCCn2ccnc2)c(CNC(C)C)c1. The Balaban J connectivity index is 1.86. The van der Waals surface area contributed by atoms with E-state index >= 15 is 0 Å². The Hall–Kier alpha value is -1.81. The van der Waals surface area contributed by atoms with E-state index in [1.54, 1.807) is 6.20 Å². The van der Waals surface area contributed by atoms with Crippen molar-refractivity contribution in [1.82, 2.24) is 14.9 Å². The third-order valence-corrected chi connectivity index (χ3v) is 3.29. The molecule has 0 aliphatic carbocycles. The van der Waals surface area contributed by atoms with E-state index in [4.69, 9.17) is 4.74 Å². The van der Waals surface area contributed by atoms with Gasteiger partial charge in [0.25, 0.3) is 0 Å². The molecule has 0 spiro atoms. The molecule has 0 saturated heterocycles. The van der Waals surface area contributed by atoms with E-state index in [0.717, 1.165) is 31.9 Å². The number of nitrogens with zero attached hydrogens (tertiary/aromatic N) is 2. The minimum atomic E-state index is 0.472. The molecule has 0 unspecified atom stereocenters. The molecule has 1 aromatic carbocycles. The van der Waals surface area contributed by atoms with Crippen LogP contribution < -0.4 is 10.1 Å². The summed E-state index contributed by atoms with van der Waals surface area (Å²) < 4.78 is 8.02. The normalized spacial score (nSPS) is 11.0. The lowest BCUT2D eigenvalue weighted by atomic mass is 10.1. The van der Waals surface area contributed by atoms with E-state index in [9.17, 15) is 0 Å². The first-order valence-corrected chi connectivity index (χ1v) is 7.56. The van der Waals surface area contributed by atoms with Crippen molar-refractivity contribution in [2.24, 2.45) is 0 Å². The highest BCUT2D eigenvalue weighted by atomic mass is 16.5. The molecule has 1 N–H and O–H groups in total. The number of ether oxygens (including phenoxy) is 1. The van der Waals surface area contributed by atoms with Crippen molar-refractivity contribution in [2.75, 3.05) is 6.61 Å². The monoisotopic (exact) mass is 287 g/mol. The zero-order valence-electron chi connectivity index (χ0n) is 13.2. The topological polar surface area (TPSA) is 39.1 Å². The highest BCUT2D eigenvalue weighted by Crippen LogP contribution is 2.20. The van der Waals surface area contributed by atoms with Crippen molar-refractivity contribution < 1.29 is 4.74 Å². The van der Waals surface area contributed by atoms with Crippen molar-refractivity contribution in [3.05, 3.63) is 48.0 Å². The summed E-state index contributed by atoms with van der Waals surface area (Å²) in [5.74, 6) is 0.986. The molecule has 0 aliphatic rings. The molecule has 2 rings (SSSR count). The summed E-state index contributed by atoms with van der Waals surface area (Å²) in [5, 5.41) is 3.45. The van der Waals surface area contributed by atoms with Gasteiger partial charge in [-0.2, -0.15) is 0 Å². The van der Waals surface area contributed by atoms with Crippen LogP contribution in [-0.2, 0) is 13.1 Å². The maximum atomic E-state index is 5.95. The van der Waals surface area contributed by atoms with Gasteiger partial charge in [-0.25, -0.2) is 4.98 Å². The number of nitrogens with one attached hydrogen (secondary N) is 1. The van der Waals surface area contributed by atoms with Gasteiger partial charge in [-0.1, -0.05) is 31.5 Å². The van der Waals surface area contributed by atoms with Crippen LogP contribution >= 0.6 is 0 Å². The van der Waals surface area contributed by atoms with Crippen LogP contribution in [0, 0.1) is 6.92 Å². The van der Waals surface area contributed by atoms with Gasteiger partial charge in [0.2, 0.25) is 0 Å². The molecule has 1 heterocycles. The number of aryl methyl sites for hydroxylation is 2. The van der Waals surface area contributed by atoms with Gasteiger partial charge in [0.15, 0.2) is 0 Å². The van der Waals surface area contributed by atoms with Crippen LogP contribution in [0.15, 0.2) is 36.9 Å². The molecule has 0 aliphatic heterocycles. The molecular weight excluding hydrogens is 262 g/mol. The molecule has 114 valence electrons. The van der Waals surface area contributed by atoms with Gasteiger partial charge >= 0.3 is 0 Å². The number of aromatic nitrogens is 2. The van der Waals surface area contributed by atoms with E-state index < -0.39 is 0 Å². The summed E-state index contributed by atoms with van der Waals surface area (Å²) in [4.78, 5) is 4.04. The summed E-state index contributed by atoms with van der Waals surface area (Å²) >= 11 is 0. The summed E-state index contributed by atoms with van der Waals surface area (Å²) in [7, 11) is 0. The standard InChI is InChI=1S/C17H25N3O/c1-14(2)19-12-16-11-15(3)5-6-17(16)21-10-4-8-20-9-7-18-13-20/h5-7,9,11,13-14,19H,4,8,10,12H2,1-3H3. The predicted molar refractivity (Wildman–Crippen MR) is 85.5 cm³/mol. The molecule has 0 fully saturated rings. The quantitative estimate of drug-likeness (QED) is 0.758. The fraction of sp³-hybridized carbons (Fsp3) is 0.471. The van der Waals surface area contributed by atoms with E-state index in [2.05, 4.69) is 53.8 Å². The second-order valence-corrected chi connectivity index (χ2v) is 5.65. The van der Waals surface area contributed by atoms with Gasteiger partial charge in [0.1, 0.15) is 5.75 Å². The molecule has 0 amide bonds. The maximum absolute atomic E-state index is 5.95. The summed E-state index contributed by atoms with van der Waals surface area (Å²) in [5.41, 5.74) is 2.49. The fourth-order valence-electron chi connectivity index (χ4n) is 2.15.